The molecule has 0 saturated carbocycles. The number of rotatable bonds is 7. The molecule has 0 aromatic heterocycles. The molecule has 0 saturated heterocycles. The molecule has 2 aromatic rings. The third-order valence-corrected chi connectivity index (χ3v) is 5.41. The lowest BCUT2D eigenvalue weighted by Gasteiger charge is -2.37. The van der Waals surface area contributed by atoms with Crippen LogP contribution >= 0.6 is 0 Å². The number of benzene rings is 2. The Bertz CT molecular complexity index is 879. The Morgan fingerprint density at radius 1 is 1.04 bits per heavy atom. The monoisotopic (exact) mass is 375 g/mol. The molecule has 1 heterocycles. The first-order valence-corrected chi connectivity index (χ1v) is 10.1. The van der Waals surface area contributed by atoms with E-state index in [4.69, 9.17) is 10.1 Å². The highest BCUT2D eigenvalue weighted by Crippen LogP contribution is 2.40. The third-order valence-electron chi connectivity index (χ3n) is 5.41. The number of allylic oxidation sites excluding steroid dienone is 1. The summed E-state index contributed by atoms with van der Waals surface area (Å²) in [5.41, 5.74) is 6.56. The van der Waals surface area contributed by atoms with Crippen LogP contribution in [0.25, 0.3) is 11.1 Å². The molecule has 3 rings (SSSR count). The molecule has 1 unspecified atom stereocenters. The molecule has 1 aliphatic heterocycles. The molecule has 0 fully saturated rings. The predicted molar refractivity (Wildman–Crippen MR) is 114 cm³/mol. The van der Waals surface area contributed by atoms with Crippen molar-refractivity contribution >= 4 is 5.69 Å². The summed E-state index contributed by atoms with van der Waals surface area (Å²) < 4.78 is 0. The van der Waals surface area contributed by atoms with Crippen LogP contribution in [0, 0.1) is 11.3 Å². The Balaban J connectivity index is 2.07. The average Bonchev–Trinajstić information content (AvgIpc) is 2.97. The summed E-state index contributed by atoms with van der Waals surface area (Å²) in [6.45, 7) is 9.21. The van der Waals surface area contributed by atoms with Gasteiger partial charge in [-0.05, 0) is 56.5 Å². The van der Waals surface area contributed by atoms with E-state index in [2.05, 4.69) is 56.1 Å². The van der Waals surface area contributed by atoms with Crippen LogP contribution in [0.4, 0.5) is 5.69 Å². The van der Waals surface area contributed by atoms with Crippen LogP contribution in [0.5, 0.6) is 0 Å². The van der Waals surface area contributed by atoms with Crippen LogP contribution < -0.4 is 5.01 Å². The minimum atomic E-state index is 0.283. The average molecular weight is 376 g/mol. The molecule has 0 radical (unpaired) electrons. The molecule has 4 heteroatoms. The van der Waals surface area contributed by atoms with Gasteiger partial charge in [-0.2, -0.15) is 10.4 Å². The highest BCUT2D eigenvalue weighted by atomic mass is 16.7. The van der Waals surface area contributed by atoms with Crippen molar-refractivity contribution in [1.82, 2.24) is 5.17 Å². The van der Waals surface area contributed by atoms with Crippen LogP contribution in [0.15, 0.2) is 59.8 Å². The Morgan fingerprint density at radius 2 is 1.75 bits per heavy atom. The summed E-state index contributed by atoms with van der Waals surface area (Å²) in [5, 5.41) is 13.4. The van der Waals surface area contributed by atoms with Crippen molar-refractivity contribution in [2.24, 2.45) is 0 Å². The topological polar surface area (TPSA) is 39.5 Å². The molecular weight excluding hydrogens is 346 g/mol. The zero-order valence-electron chi connectivity index (χ0n) is 17.3. The number of hydroxylamine groups is 1. The van der Waals surface area contributed by atoms with E-state index >= 15 is 0 Å². The van der Waals surface area contributed by atoms with Gasteiger partial charge in [-0.25, -0.2) is 0 Å². The smallest absolute Gasteiger partial charge is 0.0991 e. The highest BCUT2D eigenvalue weighted by Gasteiger charge is 2.36. The normalized spacial score (nSPS) is 16.6. The van der Waals surface area contributed by atoms with E-state index in [1.807, 2.05) is 36.4 Å². The van der Waals surface area contributed by atoms with Gasteiger partial charge in [0.1, 0.15) is 0 Å². The molecule has 4 nitrogen and oxygen atoms in total. The van der Waals surface area contributed by atoms with Gasteiger partial charge in [0.15, 0.2) is 0 Å². The van der Waals surface area contributed by atoms with Crippen molar-refractivity contribution in [3.63, 3.8) is 0 Å². The molecule has 0 bridgehead atoms. The number of unbranched alkanes of at least 4 members (excludes halogenated alkanes) is 1. The number of nitriles is 1. The van der Waals surface area contributed by atoms with Crippen molar-refractivity contribution in [1.29, 1.82) is 5.26 Å². The fourth-order valence-electron chi connectivity index (χ4n) is 3.79. The van der Waals surface area contributed by atoms with Crippen molar-refractivity contribution in [2.75, 3.05) is 11.6 Å². The lowest BCUT2D eigenvalue weighted by Crippen LogP contribution is -2.43. The van der Waals surface area contributed by atoms with Crippen molar-refractivity contribution in [2.45, 2.75) is 53.0 Å². The molecule has 146 valence electrons. The number of hydrogen-bond donors (Lipinski definition) is 0. The maximum absolute atomic E-state index is 9.11. The zero-order valence-corrected chi connectivity index (χ0v) is 17.3. The Kier molecular flexibility index (Phi) is 6.38. The summed E-state index contributed by atoms with van der Waals surface area (Å²) in [5.74, 6) is 0. The van der Waals surface area contributed by atoms with Crippen LogP contribution in [0.1, 0.15) is 52.5 Å². The van der Waals surface area contributed by atoms with E-state index in [-0.39, 0.29) is 6.04 Å². The molecule has 0 aliphatic carbocycles. The van der Waals surface area contributed by atoms with E-state index in [9.17, 15) is 0 Å². The summed E-state index contributed by atoms with van der Waals surface area (Å²) in [7, 11) is 0. The summed E-state index contributed by atoms with van der Waals surface area (Å²) in [6, 6.07) is 18.7. The second kappa shape index (κ2) is 8.95. The summed E-state index contributed by atoms with van der Waals surface area (Å²) in [4.78, 5) is 6.05. The van der Waals surface area contributed by atoms with Crippen molar-refractivity contribution in [3.05, 3.63) is 65.4 Å². The zero-order chi connectivity index (χ0) is 20.1. The lowest BCUT2D eigenvalue weighted by molar-refractivity contribution is -0.131. The molecule has 1 aliphatic rings. The maximum atomic E-state index is 9.11. The first kappa shape index (κ1) is 20.0. The van der Waals surface area contributed by atoms with E-state index in [1.54, 1.807) is 0 Å². The number of para-hydroxylation sites is 1. The van der Waals surface area contributed by atoms with Crippen LogP contribution in [0.2, 0.25) is 0 Å². The first-order chi connectivity index (χ1) is 13.6. The molecular formula is C24H29N3O. The van der Waals surface area contributed by atoms with Gasteiger partial charge >= 0.3 is 0 Å². The molecule has 2 aromatic carbocycles. The van der Waals surface area contributed by atoms with Gasteiger partial charge in [-0.3, -0.25) is 9.85 Å². The van der Waals surface area contributed by atoms with Gasteiger partial charge in [-0.1, -0.05) is 50.1 Å². The van der Waals surface area contributed by atoms with E-state index in [0.29, 0.717) is 12.2 Å². The molecule has 1 atom stereocenters. The Labute approximate surface area is 168 Å². The van der Waals surface area contributed by atoms with Gasteiger partial charge in [0, 0.05) is 5.56 Å². The standard InChI is InChI=1S/C24H29N3O/c1-5-7-11-23-18(3)19(4)27(28-6-2)26(23)24-12-9-8-10-22(24)21-15-13-20(17-25)14-16-21/h8-10,12-16,23H,5-7,11H2,1-4H3. The highest BCUT2D eigenvalue weighted by molar-refractivity contribution is 5.79. The van der Waals surface area contributed by atoms with Gasteiger partial charge in [0.05, 0.1) is 35.7 Å². The maximum Gasteiger partial charge on any atom is 0.0991 e. The molecule has 0 spiro atoms. The predicted octanol–water partition coefficient (Wildman–Crippen LogP) is 6.07. The van der Waals surface area contributed by atoms with Crippen LogP contribution in [-0.4, -0.2) is 17.8 Å². The van der Waals surface area contributed by atoms with Gasteiger partial charge < -0.3 is 0 Å². The van der Waals surface area contributed by atoms with E-state index in [1.165, 1.54) is 18.4 Å². The van der Waals surface area contributed by atoms with Gasteiger partial charge in [0.25, 0.3) is 0 Å². The Hall–Kier alpha value is -2.77. The van der Waals surface area contributed by atoms with Crippen molar-refractivity contribution in [3.8, 4) is 17.2 Å². The number of hydrazine groups is 1. The van der Waals surface area contributed by atoms with E-state index in [0.717, 1.165) is 28.9 Å². The second-order valence-electron chi connectivity index (χ2n) is 7.17. The lowest BCUT2D eigenvalue weighted by atomic mass is 9.98. The number of anilines is 1. The largest absolute Gasteiger partial charge is 0.254 e. The van der Waals surface area contributed by atoms with E-state index < -0.39 is 0 Å². The fraction of sp³-hybridized carbons (Fsp3) is 0.375. The molecule has 0 amide bonds. The van der Waals surface area contributed by atoms with Crippen molar-refractivity contribution < 1.29 is 4.84 Å². The summed E-state index contributed by atoms with van der Waals surface area (Å²) >= 11 is 0. The number of hydrogen-bond acceptors (Lipinski definition) is 4. The first-order valence-electron chi connectivity index (χ1n) is 10.1. The Morgan fingerprint density at radius 3 is 2.39 bits per heavy atom. The number of nitrogens with zero attached hydrogens (tertiary/aromatic N) is 3. The molecule has 0 N–H and O–H groups in total. The fourth-order valence-corrected chi connectivity index (χ4v) is 3.79. The quantitative estimate of drug-likeness (QED) is 0.589. The minimum absolute atomic E-state index is 0.283. The SMILES string of the molecule is CCCCC1C(C)=C(C)N(OCC)N1c1ccccc1-c1ccc(C#N)cc1. The van der Waals surface area contributed by atoms with Crippen LogP contribution in [-0.2, 0) is 4.84 Å². The molecule has 28 heavy (non-hydrogen) atoms. The minimum Gasteiger partial charge on any atom is -0.254 e. The van der Waals surface area contributed by atoms with Crippen LogP contribution in [0.3, 0.4) is 0 Å². The summed E-state index contributed by atoms with van der Waals surface area (Å²) in [6.07, 6.45) is 3.43. The van der Waals surface area contributed by atoms with Gasteiger partial charge in [0.2, 0.25) is 0 Å². The third kappa shape index (κ3) is 3.76. The second-order valence-corrected chi connectivity index (χ2v) is 7.17. The van der Waals surface area contributed by atoms with Gasteiger partial charge in [-0.15, -0.1) is 0 Å².